The molecule has 0 saturated carbocycles. The first-order chi connectivity index (χ1) is 7.19. The molecule has 0 aromatic rings. The van der Waals surface area contributed by atoms with Gasteiger partial charge in [0.25, 0.3) is 0 Å². The maximum atomic E-state index is 11.3. The summed E-state index contributed by atoms with van der Waals surface area (Å²) in [5.41, 5.74) is 5.38. The molecule has 84 valence electrons. The van der Waals surface area contributed by atoms with Crippen LogP contribution in [-0.4, -0.2) is 29.9 Å². The number of hydrogen-bond acceptors (Lipinski definition) is 3. The van der Waals surface area contributed by atoms with Gasteiger partial charge in [-0.2, -0.15) is 5.26 Å². The fourth-order valence-electron chi connectivity index (χ4n) is 2.20. The third kappa shape index (κ3) is 3.21. The smallest absolute Gasteiger partial charge is 0.234 e. The summed E-state index contributed by atoms with van der Waals surface area (Å²) in [5, 5.41) is 8.91. The van der Waals surface area contributed by atoms with E-state index in [0.717, 1.165) is 32.4 Å². The maximum Gasteiger partial charge on any atom is 0.234 e. The highest BCUT2D eigenvalue weighted by atomic mass is 16.1. The van der Waals surface area contributed by atoms with Gasteiger partial charge >= 0.3 is 0 Å². The highest BCUT2D eigenvalue weighted by molar-refractivity contribution is 5.79. The topological polar surface area (TPSA) is 70.1 Å². The van der Waals surface area contributed by atoms with E-state index in [1.165, 1.54) is 0 Å². The van der Waals surface area contributed by atoms with Crippen LogP contribution in [0.3, 0.4) is 0 Å². The normalized spacial score (nSPS) is 28.0. The highest BCUT2D eigenvalue weighted by Crippen LogP contribution is 2.21. The number of nitriles is 1. The molecule has 1 aliphatic rings. The van der Waals surface area contributed by atoms with Crippen molar-refractivity contribution >= 4 is 5.91 Å². The van der Waals surface area contributed by atoms with Crippen LogP contribution in [0.15, 0.2) is 0 Å². The Bertz CT molecular complexity index is 259. The summed E-state index contributed by atoms with van der Waals surface area (Å²) in [5.74, 6) is -0.296. The molecule has 0 radical (unpaired) electrons. The molecule has 0 aromatic heterocycles. The Morgan fingerprint density at radius 1 is 1.67 bits per heavy atom. The molecule has 0 aliphatic carbocycles. The van der Waals surface area contributed by atoms with E-state index in [2.05, 4.69) is 17.9 Å². The second kappa shape index (κ2) is 5.72. The van der Waals surface area contributed by atoms with Crippen LogP contribution in [0.1, 0.15) is 32.6 Å². The van der Waals surface area contributed by atoms with Crippen molar-refractivity contribution in [1.82, 2.24) is 4.90 Å². The van der Waals surface area contributed by atoms with Gasteiger partial charge in [-0.15, -0.1) is 0 Å². The van der Waals surface area contributed by atoms with Crippen molar-refractivity contribution in [2.75, 3.05) is 13.1 Å². The summed E-state index contributed by atoms with van der Waals surface area (Å²) in [6.45, 7) is 3.87. The minimum absolute atomic E-state index is 0.00986. The number of likely N-dealkylation sites (tertiary alicyclic amines) is 1. The van der Waals surface area contributed by atoms with E-state index >= 15 is 0 Å². The summed E-state index contributed by atoms with van der Waals surface area (Å²) in [4.78, 5) is 13.4. The number of carbonyl (C=O) groups excluding carboxylic acids is 1. The largest absolute Gasteiger partial charge is 0.368 e. The van der Waals surface area contributed by atoms with Crippen LogP contribution in [0.2, 0.25) is 0 Å². The summed E-state index contributed by atoms with van der Waals surface area (Å²) < 4.78 is 0. The van der Waals surface area contributed by atoms with Crippen molar-refractivity contribution in [1.29, 1.82) is 5.26 Å². The molecule has 0 bridgehead atoms. The van der Waals surface area contributed by atoms with Gasteiger partial charge in [0.15, 0.2) is 0 Å². The van der Waals surface area contributed by atoms with Gasteiger partial charge in [0, 0.05) is 5.92 Å². The maximum absolute atomic E-state index is 11.3. The standard InChI is InChI=1S/C11H19N3O/c1-2-5-14-6-3-4-9(8-12)7-10(14)11(13)15/h9-10H,2-7H2,1H3,(H2,13,15). The number of primary amides is 1. The average molecular weight is 209 g/mol. The first kappa shape index (κ1) is 12.0. The molecule has 1 aliphatic heterocycles. The van der Waals surface area contributed by atoms with Gasteiger partial charge in [-0.1, -0.05) is 6.92 Å². The van der Waals surface area contributed by atoms with Crippen LogP contribution in [-0.2, 0) is 4.79 Å². The van der Waals surface area contributed by atoms with Crippen molar-refractivity contribution in [3.05, 3.63) is 0 Å². The fraction of sp³-hybridized carbons (Fsp3) is 0.818. The molecule has 2 unspecified atom stereocenters. The minimum Gasteiger partial charge on any atom is -0.368 e. The van der Waals surface area contributed by atoms with Gasteiger partial charge in [0.05, 0.1) is 12.1 Å². The summed E-state index contributed by atoms with van der Waals surface area (Å²) >= 11 is 0. The Morgan fingerprint density at radius 3 is 2.93 bits per heavy atom. The number of hydrogen-bond donors (Lipinski definition) is 1. The number of nitrogens with two attached hydrogens (primary N) is 1. The Morgan fingerprint density at radius 2 is 2.40 bits per heavy atom. The SMILES string of the molecule is CCCN1CCCC(C#N)CC1C(N)=O. The zero-order valence-corrected chi connectivity index (χ0v) is 9.28. The molecule has 1 fully saturated rings. The third-order valence-corrected chi connectivity index (χ3v) is 2.97. The van der Waals surface area contributed by atoms with E-state index < -0.39 is 0 Å². The molecule has 4 nitrogen and oxygen atoms in total. The van der Waals surface area contributed by atoms with Crippen molar-refractivity contribution in [2.24, 2.45) is 11.7 Å². The van der Waals surface area contributed by atoms with Crippen LogP contribution in [0.4, 0.5) is 0 Å². The van der Waals surface area contributed by atoms with Crippen molar-refractivity contribution in [2.45, 2.75) is 38.6 Å². The molecule has 1 rings (SSSR count). The van der Waals surface area contributed by atoms with Crippen LogP contribution in [0, 0.1) is 17.2 Å². The predicted octanol–water partition coefficient (Wildman–Crippen LogP) is 0.876. The van der Waals surface area contributed by atoms with E-state index in [0.29, 0.717) is 6.42 Å². The lowest BCUT2D eigenvalue weighted by atomic mass is 9.98. The molecule has 1 heterocycles. The number of carbonyl (C=O) groups is 1. The van der Waals surface area contributed by atoms with Gasteiger partial charge in [-0.25, -0.2) is 0 Å². The lowest BCUT2D eigenvalue weighted by molar-refractivity contribution is -0.123. The van der Waals surface area contributed by atoms with E-state index in [9.17, 15) is 4.79 Å². The zero-order valence-electron chi connectivity index (χ0n) is 9.28. The quantitative estimate of drug-likeness (QED) is 0.750. The molecule has 2 atom stereocenters. The van der Waals surface area contributed by atoms with Crippen LogP contribution in [0.5, 0.6) is 0 Å². The second-order valence-electron chi connectivity index (χ2n) is 4.16. The Kier molecular flexibility index (Phi) is 4.57. The van der Waals surface area contributed by atoms with Gasteiger partial charge in [-0.3, -0.25) is 9.69 Å². The Labute approximate surface area is 91.0 Å². The van der Waals surface area contributed by atoms with E-state index in [4.69, 9.17) is 11.0 Å². The Hall–Kier alpha value is -1.08. The number of amides is 1. The zero-order chi connectivity index (χ0) is 11.3. The van der Waals surface area contributed by atoms with Gasteiger partial charge in [0.1, 0.15) is 0 Å². The lowest BCUT2D eigenvalue weighted by Gasteiger charge is -2.27. The monoisotopic (exact) mass is 209 g/mol. The fourth-order valence-corrected chi connectivity index (χ4v) is 2.20. The second-order valence-corrected chi connectivity index (χ2v) is 4.16. The molecule has 0 aromatic carbocycles. The van der Waals surface area contributed by atoms with Crippen LogP contribution >= 0.6 is 0 Å². The average Bonchev–Trinajstić information content (AvgIpc) is 2.41. The molecule has 4 heteroatoms. The molecular formula is C11H19N3O. The third-order valence-electron chi connectivity index (χ3n) is 2.97. The molecular weight excluding hydrogens is 190 g/mol. The lowest BCUT2D eigenvalue weighted by Crippen LogP contribution is -2.45. The van der Waals surface area contributed by atoms with E-state index in [-0.39, 0.29) is 17.9 Å². The number of nitrogens with zero attached hydrogens (tertiary/aromatic N) is 2. The summed E-state index contributed by atoms with van der Waals surface area (Å²) in [6.07, 6.45) is 3.50. The number of rotatable bonds is 3. The molecule has 1 amide bonds. The van der Waals surface area contributed by atoms with Crippen molar-refractivity contribution in [3.8, 4) is 6.07 Å². The molecule has 1 saturated heterocycles. The summed E-state index contributed by atoms with van der Waals surface area (Å²) in [7, 11) is 0. The van der Waals surface area contributed by atoms with Gasteiger partial charge in [0.2, 0.25) is 5.91 Å². The first-order valence-electron chi connectivity index (χ1n) is 5.62. The Balaban J connectivity index is 2.70. The first-order valence-corrected chi connectivity index (χ1v) is 5.62. The summed E-state index contributed by atoms with van der Waals surface area (Å²) in [6, 6.07) is 2.02. The van der Waals surface area contributed by atoms with Gasteiger partial charge < -0.3 is 5.73 Å². The highest BCUT2D eigenvalue weighted by Gasteiger charge is 2.29. The predicted molar refractivity (Wildman–Crippen MR) is 57.8 cm³/mol. The van der Waals surface area contributed by atoms with Crippen LogP contribution < -0.4 is 5.73 Å². The van der Waals surface area contributed by atoms with Gasteiger partial charge in [-0.05, 0) is 38.8 Å². The molecule has 15 heavy (non-hydrogen) atoms. The van der Waals surface area contributed by atoms with E-state index in [1.807, 2.05) is 0 Å². The molecule has 2 N–H and O–H groups in total. The van der Waals surface area contributed by atoms with Crippen molar-refractivity contribution in [3.63, 3.8) is 0 Å². The van der Waals surface area contributed by atoms with Crippen molar-refractivity contribution < 1.29 is 4.79 Å². The van der Waals surface area contributed by atoms with Crippen LogP contribution in [0.25, 0.3) is 0 Å². The van der Waals surface area contributed by atoms with E-state index in [1.54, 1.807) is 0 Å². The minimum atomic E-state index is -0.286. The molecule has 0 spiro atoms.